The van der Waals surface area contributed by atoms with Crippen LogP contribution in [0.1, 0.15) is 12.0 Å². The molecular formula is C11H14ClNO2. The van der Waals surface area contributed by atoms with Crippen LogP contribution in [-0.4, -0.2) is 23.4 Å². The highest BCUT2D eigenvalue weighted by atomic mass is 35.5. The second-order valence-corrected chi connectivity index (χ2v) is 3.58. The Bertz CT molecular complexity index is 311. The number of benzene rings is 1. The molecule has 0 fully saturated rings. The number of phenolic OH excluding ortho intramolecular Hbond substituents is 1. The molecule has 15 heavy (non-hydrogen) atoms. The summed E-state index contributed by atoms with van der Waals surface area (Å²) in [5, 5.41) is 11.8. The predicted molar refractivity (Wildman–Crippen MR) is 60.2 cm³/mol. The first kappa shape index (κ1) is 11.9. The van der Waals surface area contributed by atoms with Crippen molar-refractivity contribution in [1.82, 2.24) is 5.32 Å². The molecule has 0 aliphatic carbocycles. The van der Waals surface area contributed by atoms with Gasteiger partial charge in [0.2, 0.25) is 5.91 Å². The lowest BCUT2D eigenvalue weighted by atomic mass is 10.1. The fraction of sp³-hybridized carbons (Fsp3) is 0.364. The number of hydrogen-bond donors (Lipinski definition) is 2. The van der Waals surface area contributed by atoms with Crippen LogP contribution in [0.25, 0.3) is 0 Å². The van der Waals surface area contributed by atoms with Gasteiger partial charge in [0.1, 0.15) is 5.75 Å². The summed E-state index contributed by atoms with van der Waals surface area (Å²) < 4.78 is 0. The van der Waals surface area contributed by atoms with Crippen LogP contribution in [0.15, 0.2) is 24.3 Å². The Kier molecular flexibility index (Phi) is 4.98. The Morgan fingerprint density at radius 2 is 2.00 bits per heavy atom. The maximum atomic E-state index is 11.1. The summed E-state index contributed by atoms with van der Waals surface area (Å²) in [6, 6.07) is 6.94. The summed E-state index contributed by atoms with van der Waals surface area (Å²) in [5.41, 5.74) is 1.08. The van der Waals surface area contributed by atoms with Crippen molar-refractivity contribution in [3.8, 4) is 5.75 Å². The highest BCUT2D eigenvalue weighted by Crippen LogP contribution is 2.09. The van der Waals surface area contributed by atoms with Gasteiger partial charge in [-0.1, -0.05) is 12.1 Å². The zero-order valence-electron chi connectivity index (χ0n) is 8.37. The van der Waals surface area contributed by atoms with E-state index < -0.39 is 0 Å². The molecule has 1 aromatic carbocycles. The molecule has 1 aromatic rings. The molecule has 0 spiro atoms. The lowest BCUT2D eigenvalue weighted by Crippen LogP contribution is -2.25. The highest BCUT2D eigenvalue weighted by molar-refractivity contribution is 6.18. The molecule has 0 saturated heterocycles. The van der Waals surface area contributed by atoms with Gasteiger partial charge in [0.15, 0.2) is 0 Å². The van der Waals surface area contributed by atoms with Gasteiger partial charge in [0.05, 0.1) is 0 Å². The number of aromatic hydroxyl groups is 1. The number of nitrogens with one attached hydrogen (secondary N) is 1. The van der Waals surface area contributed by atoms with Gasteiger partial charge in [-0.3, -0.25) is 4.79 Å². The SMILES string of the molecule is O=C(CCCl)NCCc1ccc(O)cc1. The van der Waals surface area contributed by atoms with E-state index in [2.05, 4.69) is 5.32 Å². The van der Waals surface area contributed by atoms with Gasteiger partial charge in [-0.15, -0.1) is 11.6 Å². The molecule has 2 N–H and O–H groups in total. The van der Waals surface area contributed by atoms with Crippen molar-refractivity contribution >= 4 is 17.5 Å². The minimum atomic E-state index is -0.0243. The molecule has 0 radical (unpaired) electrons. The average Bonchev–Trinajstić information content (AvgIpc) is 2.21. The van der Waals surface area contributed by atoms with Crippen LogP contribution in [-0.2, 0) is 11.2 Å². The van der Waals surface area contributed by atoms with E-state index in [9.17, 15) is 4.79 Å². The van der Waals surface area contributed by atoms with E-state index in [0.29, 0.717) is 18.8 Å². The van der Waals surface area contributed by atoms with Crippen LogP contribution in [0.3, 0.4) is 0 Å². The number of alkyl halides is 1. The third-order valence-electron chi connectivity index (χ3n) is 1.99. The molecule has 0 atom stereocenters. The van der Waals surface area contributed by atoms with Crippen molar-refractivity contribution in [2.75, 3.05) is 12.4 Å². The van der Waals surface area contributed by atoms with E-state index in [1.165, 1.54) is 0 Å². The number of rotatable bonds is 5. The maximum Gasteiger partial charge on any atom is 0.221 e. The second kappa shape index (κ2) is 6.30. The van der Waals surface area contributed by atoms with Crippen LogP contribution in [0.5, 0.6) is 5.75 Å². The lowest BCUT2D eigenvalue weighted by molar-refractivity contribution is -0.120. The molecule has 1 rings (SSSR count). The fourth-order valence-corrected chi connectivity index (χ4v) is 1.35. The molecule has 0 aliphatic heterocycles. The van der Waals surface area contributed by atoms with Crippen LogP contribution >= 0.6 is 11.6 Å². The van der Waals surface area contributed by atoms with Gasteiger partial charge >= 0.3 is 0 Å². The normalized spacial score (nSPS) is 9.93. The van der Waals surface area contributed by atoms with Crippen molar-refractivity contribution < 1.29 is 9.90 Å². The topological polar surface area (TPSA) is 49.3 Å². The summed E-state index contributed by atoms with van der Waals surface area (Å²) in [6.07, 6.45) is 1.12. The van der Waals surface area contributed by atoms with E-state index in [1.807, 2.05) is 12.1 Å². The summed E-state index contributed by atoms with van der Waals surface area (Å²) >= 11 is 5.42. The molecule has 82 valence electrons. The summed E-state index contributed by atoms with van der Waals surface area (Å²) in [6.45, 7) is 0.598. The van der Waals surface area contributed by atoms with Crippen molar-refractivity contribution in [3.05, 3.63) is 29.8 Å². The first-order chi connectivity index (χ1) is 7.22. The monoisotopic (exact) mass is 227 g/mol. The molecular weight excluding hydrogens is 214 g/mol. The van der Waals surface area contributed by atoms with Crippen LogP contribution in [0.2, 0.25) is 0 Å². The fourth-order valence-electron chi connectivity index (χ4n) is 1.18. The third-order valence-corrected chi connectivity index (χ3v) is 2.18. The Hall–Kier alpha value is -1.22. The quantitative estimate of drug-likeness (QED) is 0.752. The predicted octanol–water partition coefficient (Wildman–Crippen LogP) is 1.68. The van der Waals surface area contributed by atoms with E-state index in [4.69, 9.17) is 16.7 Å². The number of amides is 1. The van der Waals surface area contributed by atoms with Crippen molar-refractivity contribution in [2.45, 2.75) is 12.8 Å². The van der Waals surface area contributed by atoms with Gasteiger partial charge in [-0.2, -0.15) is 0 Å². The zero-order valence-corrected chi connectivity index (χ0v) is 9.13. The number of carbonyl (C=O) groups is 1. The minimum Gasteiger partial charge on any atom is -0.508 e. The van der Waals surface area contributed by atoms with Crippen LogP contribution < -0.4 is 5.32 Å². The largest absolute Gasteiger partial charge is 0.508 e. The Morgan fingerprint density at radius 3 is 2.60 bits per heavy atom. The lowest BCUT2D eigenvalue weighted by Gasteiger charge is -2.04. The van der Waals surface area contributed by atoms with Gasteiger partial charge in [0.25, 0.3) is 0 Å². The molecule has 4 heteroatoms. The third kappa shape index (κ3) is 4.70. The molecule has 0 aliphatic rings. The maximum absolute atomic E-state index is 11.1. The zero-order chi connectivity index (χ0) is 11.1. The van der Waals surface area contributed by atoms with E-state index in [1.54, 1.807) is 12.1 Å². The van der Waals surface area contributed by atoms with Crippen LogP contribution in [0.4, 0.5) is 0 Å². The standard InChI is InChI=1S/C11H14ClNO2/c12-7-5-11(15)13-8-6-9-1-3-10(14)4-2-9/h1-4,14H,5-8H2,(H,13,15). The molecule has 1 amide bonds. The minimum absolute atomic E-state index is 0.0243. The Morgan fingerprint density at radius 1 is 1.33 bits per heavy atom. The number of carbonyl (C=O) groups excluding carboxylic acids is 1. The Labute approximate surface area is 94.1 Å². The summed E-state index contributed by atoms with van der Waals surface area (Å²) in [4.78, 5) is 11.1. The van der Waals surface area contributed by atoms with E-state index in [-0.39, 0.29) is 11.7 Å². The highest BCUT2D eigenvalue weighted by Gasteiger charge is 1.99. The number of phenols is 1. The average molecular weight is 228 g/mol. The first-order valence-corrected chi connectivity index (χ1v) is 5.36. The van der Waals surface area contributed by atoms with Crippen molar-refractivity contribution in [2.24, 2.45) is 0 Å². The van der Waals surface area contributed by atoms with Gasteiger partial charge in [0, 0.05) is 18.8 Å². The van der Waals surface area contributed by atoms with Gasteiger partial charge < -0.3 is 10.4 Å². The summed E-state index contributed by atoms with van der Waals surface area (Å²) in [7, 11) is 0. The second-order valence-electron chi connectivity index (χ2n) is 3.21. The molecule has 0 aromatic heterocycles. The number of hydrogen-bond acceptors (Lipinski definition) is 2. The molecule has 3 nitrogen and oxygen atoms in total. The molecule has 0 heterocycles. The smallest absolute Gasteiger partial charge is 0.221 e. The summed E-state index contributed by atoms with van der Waals surface area (Å²) in [5.74, 6) is 0.583. The Balaban J connectivity index is 2.26. The molecule has 0 bridgehead atoms. The first-order valence-electron chi connectivity index (χ1n) is 4.83. The van der Waals surface area contributed by atoms with Crippen molar-refractivity contribution in [3.63, 3.8) is 0 Å². The van der Waals surface area contributed by atoms with Gasteiger partial charge in [-0.25, -0.2) is 0 Å². The molecule has 0 unspecified atom stereocenters. The van der Waals surface area contributed by atoms with Crippen molar-refractivity contribution in [1.29, 1.82) is 0 Å². The van der Waals surface area contributed by atoms with E-state index in [0.717, 1.165) is 12.0 Å². The van der Waals surface area contributed by atoms with Gasteiger partial charge in [-0.05, 0) is 24.1 Å². The van der Waals surface area contributed by atoms with E-state index >= 15 is 0 Å². The number of halogens is 1. The van der Waals surface area contributed by atoms with Crippen LogP contribution in [0, 0.1) is 0 Å². The molecule has 0 saturated carbocycles.